The minimum absolute atomic E-state index is 0.0159. The van der Waals surface area contributed by atoms with Crippen molar-refractivity contribution in [2.45, 2.75) is 488 Å². The van der Waals surface area contributed by atoms with Crippen molar-refractivity contribution in [3.63, 3.8) is 0 Å². The van der Waals surface area contributed by atoms with E-state index in [9.17, 15) is 19.8 Å². The first kappa shape index (κ1) is 86.6. The van der Waals surface area contributed by atoms with E-state index in [0.29, 0.717) is 25.9 Å². The summed E-state index contributed by atoms with van der Waals surface area (Å²) >= 11 is 0. The van der Waals surface area contributed by atoms with E-state index in [1.807, 2.05) is 0 Å². The number of aliphatic hydroxyl groups excluding tert-OH is 2. The van der Waals surface area contributed by atoms with Crippen LogP contribution in [0.15, 0.2) is 12.2 Å². The fraction of sp³-hybridized carbons (Fsp3) is 0.951. The summed E-state index contributed by atoms with van der Waals surface area (Å²) in [4.78, 5) is 24.7. The predicted molar refractivity (Wildman–Crippen MR) is 389 cm³/mol. The zero-order valence-electron chi connectivity index (χ0n) is 60.3. The van der Waals surface area contributed by atoms with Crippen LogP contribution in [0.5, 0.6) is 0 Å². The van der Waals surface area contributed by atoms with E-state index < -0.39 is 12.1 Å². The Labute approximate surface area is 552 Å². The Morgan fingerprint density at radius 3 is 0.807 bits per heavy atom. The minimum atomic E-state index is -0.661. The van der Waals surface area contributed by atoms with Crippen LogP contribution in [0.1, 0.15) is 476 Å². The van der Waals surface area contributed by atoms with Gasteiger partial charge in [0.2, 0.25) is 5.91 Å². The van der Waals surface area contributed by atoms with E-state index in [-0.39, 0.29) is 18.5 Å². The fourth-order valence-corrected chi connectivity index (χ4v) is 13.3. The number of carbonyl (C=O) groups excluding carboxylic acids is 2. The molecule has 2 unspecified atom stereocenters. The first-order valence-corrected chi connectivity index (χ1v) is 40.9. The average molecular weight is 1240 g/mol. The number of allylic oxidation sites excluding steroid dienone is 2. The number of nitrogens with one attached hydrogen (secondary N) is 1. The van der Waals surface area contributed by atoms with Crippen LogP contribution in [0, 0.1) is 0 Å². The summed E-state index contributed by atoms with van der Waals surface area (Å²) in [6.07, 6.45) is 98.9. The molecule has 6 heteroatoms. The van der Waals surface area contributed by atoms with Crippen molar-refractivity contribution in [3.8, 4) is 0 Å². The molecule has 0 rings (SSSR count). The molecule has 0 bridgehead atoms. The second-order valence-electron chi connectivity index (χ2n) is 28.5. The second-order valence-corrected chi connectivity index (χ2v) is 28.5. The highest BCUT2D eigenvalue weighted by molar-refractivity contribution is 5.76. The molecule has 0 aliphatic rings. The highest BCUT2D eigenvalue weighted by atomic mass is 16.5. The molecule has 0 aromatic carbocycles. The third kappa shape index (κ3) is 73.6. The number of unbranched alkanes of at least 4 members (excludes halogenated alkanes) is 65. The highest BCUT2D eigenvalue weighted by Crippen LogP contribution is 2.21. The summed E-state index contributed by atoms with van der Waals surface area (Å²) in [6.45, 7) is 5.00. The Balaban J connectivity index is 3.31. The van der Waals surface area contributed by atoms with Crippen molar-refractivity contribution in [1.29, 1.82) is 0 Å². The van der Waals surface area contributed by atoms with Gasteiger partial charge in [0.15, 0.2) is 0 Å². The molecule has 0 spiro atoms. The normalized spacial score (nSPS) is 12.5. The molecule has 0 heterocycles. The first-order chi connectivity index (χ1) is 43.5. The topological polar surface area (TPSA) is 95.9 Å². The lowest BCUT2D eigenvalue weighted by Gasteiger charge is -2.22. The van der Waals surface area contributed by atoms with Crippen LogP contribution in [0.4, 0.5) is 0 Å². The largest absolute Gasteiger partial charge is 0.466 e. The van der Waals surface area contributed by atoms with E-state index in [1.165, 1.54) is 398 Å². The molecule has 0 aliphatic heterocycles. The Hall–Kier alpha value is -1.40. The van der Waals surface area contributed by atoms with Gasteiger partial charge >= 0.3 is 5.97 Å². The van der Waals surface area contributed by atoms with Crippen molar-refractivity contribution in [2.75, 3.05) is 13.2 Å². The summed E-state index contributed by atoms with van der Waals surface area (Å²) in [5.41, 5.74) is 0. The van der Waals surface area contributed by atoms with Gasteiger partial charge in [-0.25, -0.2) is 0 Å². The highest BCUT2D eigenvalue weighted by Gasteiger charge is 2.20. The number of esters is 1. The quantitative estimate of drug-likeness (QED) is 0.0320. The molecule has 0 aromatic heterocycles. The standard InChI is InChI=1S/C82H161NO5/c1-3-5-7-9-11-13-15-17-19-20-21-37-40-43-47-50-54-58-62-66-70-74-80(85)79(78-84)83-81(86)75-71-67-63-59-55-51-48-44-41-38-35-33-31-29-27-25-23-22-24-26-28-30-32-34-36-39-42-45-49-53-57-61-65-69-73-77-88-82(87)76-72-68-64-60-56-52-46-18-16-14-12-10-8-6-4-2/h18,46,79-80,84-85H,3-17,19-45,47-78H2,1-2H3,(H,83,86)/b46-18-. The molecule has 88 heavy (non-hydrogen) atoms. The maximum absolute atomic E-state index is 12.6. The third-order valence-corrected chi connectivity index (χ3v) is 19.6. The van der Waals surface area contributed by atoms with Gasteiger partial charge in [-0.2, -0.15) is 0 Å². The predicted octanol–water partition coefficient (Wildman–Crippen LogP) is 27.1. The van der Waals surface area contributed by atoms with E-state index in [4.69, 9.17) is 4.74 Å². The van der Waals surface area contributed by atoms with E-state index in [2.05, 4.69) is 31.3 Å². The smallest absolute Gasteiger partial charge is 0.305 e. The van der Waals surface area contributed by atoms with Crippen LogP contribution < -0.4 is 5.32 Å². The van der Waals surface area contributed by atoms with Crippen molar-refractivity contribution in [1.82, 2.24) is 5.32 Å². The fourth-order valence-electron chi connectivity index (χ4n) is 13.3. The number of rotatable bonds is 78. The third-order valence-electron chi connectivity index (χ3n) is 19.6. The van der Waals surface area contributed by atoms with Crippen LogP contribution >= 0.6 is 0 Å². The molecule has 0 aliphatic carbocycles. The van der Waals surface area contributed by atoms with Crippen LogP contribution in [0.25, 0.3) is 0 Å². The number of hydrogen-bond acceptors (Lipinski definition) is 5. The van der Waals surface area contributed by atoms with Gasteiger partial charge in [-0.1, -0.05) is 424 Å². The molecule has 0 aromatic rings. The van der Waals surface area contributed by atoms with Gasteiger partial charge in [-0.15, -0.1) is 0 Å². The maximum atomic E-state index is 12.6. The molecule has 0 radical (unpaired) electrons. The lowest BCUT2D eigenvalue weighted by atomic mass is 10.0. The number of aliphatic hydroxyl groups is 2. The van der Waals surface area contributed by atoms with Gasteiger partial charge in [-0.05, 0) is 51.4 Å². The first-order valence-electron chi connectivity index (χ1n) is 40.9. The Bertz CT molecular complexity index is 1340. The zero-order valence-corrected chi connectivity index (χ0v) is 60.3. The molecular weight excluding hydrogens is 1080 g/mol. The lowest BCUT2D eigenvalue weighted by Crippen LogP contribution is -2.45. The van der Waals surface area contributed by atoms with E-state index in [0.717, 1.165) is 44.9 Å². The summed E-state index contributed by atoms with van der Waals surface area (Å²) in [6, 6.07) is -0.538. The Kier molecular flexibility index (Phi) is 76.8. The summed E-state index contributed by atoms with van der Waals surface area (Å²) in [5.74, 6) is -0.00792. The van der Waals surface area contributed by atoms with Crippen molar-refractivity contribution in [3.05, 3.63) is 12.2 Å². The number of hydrogen-bond donors (Lipinski definition) is 3. The summed E-state index contributed by atoms with van der Waals surface area (Å²) in [7, 11) is 0. The molecule has 0 saturated carbocycles. The number of carbonyl (C=O) groups is 2. The van der Waals surface area contributed by atoms with Gasteiger partial charge < -0.3 is 20.3 Å². The van der Waals surface area contributed by atoms with Gasteiger partial charge in [0, 0.05) is 12.8 Å². The SMILES string of the molecule is CCCCCCCC/C=C\CCCCCCCC(=O)OCCCCCCCCCCCCCCCCCCCCCCCCCCCCCCCCCCCCCC(=O)NC(CO)C(O)CCCCCCCCCCCCCCCCCCCCCCC. The lowest BCUT2D eigenvalue weighted by molar-refractivity contribution is -0.143. The molecule has 6 nitrogen and oxygen atoms in total. The molecule has 524 valence electrons. The van der Waals surface area contributed by atoms with Gasteiger partial charge in [-0.3, -0.25) is 9.59 Å². The van der Waals surface area contributed by atoms with Crippen LogP contribution in [0.3, 0.4) is 0 Å². The van der Waals surface area contributed by atoms with Crippen LogP contribution in [-0.4, -0.2) is 47.4 Å². The van der Waals surface area contributed by atoms with Gasteiger partial charge in [0.25, 0.3) is 0 Å². The van der Waals surface area contributed by atoms with Gasteiger partial charge in [0.1, 0.15) is 0 Å². The molecule has 1 amide bonds. The van der Waals surface area contributed by atoms with Gasteiger partial charge in [0.05, 0.1) is 25.4 Å². The van der Waals surface area contributed by atoms with Crippen LogP contribution in [0.2, 0.25) is 0 Å². The zero-order chi connectivity index (χ0) is 63.5. The van der Waals surface area contributed by atoms with E-state index in [1.54, 1.807) is 0 Å². The van der Waals surface area contributed by atoms with E-state index >= 15 is 0 Å². The molecular formula is C82H161NO5. The van der Waals surface area contributed by atoms with Crippen molar-refractivity contribution in [2.24, 2.45) is 0 Å². The number of ether oxygens (including phenoxy) is 1. The second kappa shape index (κ2) is 78.0. The number of amides is 1. The molecule has 0 fully saturated rings. The Morgan fingerprint density at radius 1 is 0.307 bits per heavy atom. The summed E-state index contributed by atoms with van der Waals surface area (Å²) < 4.78 is 5.50. The Morgan fingerprint density at radius 2 is 0.534 bits per heavy atom. The molecule has 3 N–H and O–H groups in total. The van der Waals surface area contributed by atoms with Crippen molar-refractivity contribution >= 4 is 11.9 Å². The molecule has 2 atom stereocenters. The summed E-state index contributed by atoms with van der Waals surface area (Å²) in [5, 5.41) is 23.5. The monoisotopic (exact) mass is 1240 g/mol. The maximum Gasteiger partial charge on any atom is 0.305 e. The molecule has 0 saturated heterocycles. The van der Waals surface area contributed by atoms with Crippen molar-refractivity contribution < 1.29 is 24.5 Å². The average Bonchev–Trinajstić information content (AvgIpc) is 3.58. The van der Waals surface area contributed by atoms with Crippen LogP contribution in [-0.2, 0) is 14.3 Å². The minimum Gasteiger partial charge on any atom is -0.466 e.